The number of aliphatic imine (C=N–C) groups is 1. The number of nitrogens with zero attached hydrogens (tertiary/aromatic N) is 4. The van der Waals surface area contributed by atoms with Crippen molar-refractivity contribution in [3.8, 4) is 11.5 Å². The molecule has 1 aromatic carbocycles. The van der Waals surface area contributed by atoms with Gasteiger partial charge in [0.2, 0.25) is 5.91 Å². The highest BCUT2D eigenvalue weighted by atomic mass is 32.2. The summed E-state index contributed by atoms with van der Waals surface area (Å²) < 4.78 is 0. The Kier molecular flexibility index (Phi) is 5.28. The number of rotatable bonds is 5. The average Bonchev–Trinajstić information content (AvgIpc) is 3.21. The van der Waals surface area contributed by atoms with Gasteiger partial charge < -0.3 is 21.1 Å². The Balaban J connectivity index is 1.36. The summed E-state index contributed by atoms with van der Waals surface area (Å²) in [5.41, 5.74) is 11.0. The Morgan fingerprint density at radius 2 is 2.15 bits per heavy atom. The van der Waals surface area contributed by atoms with Crippen molar-refractivity contribution < 1.29 is 24.9 Å². The van der Waals surface area contributed by atoms with Gasteiger partial charge in [0.1, 0.15) is 17.1 Å². The van der Waals surface area contributed by atoms with Crippen LogP contribution >= 0.6 is 23.5 Å². The first-order valence-electron chi connectivity index (χ1n) is 9.89. The number of hydrazine groups is 2. The molecule has 0 radical (unpaired) electrons. The van der Waals surface area contributed by atoms with Crippen LogP contribution < -0.4 is 16.3 Å². The summed E-state index contributed by atoms with van der Waals surface area (Å²) in [4.78, 5) is 29.9. The number of carboxylic acids is 1. The van der Waals surface area contributed by atoms with Crippen LogP contribution in [0.1, 0.15) is 6.92 Å². The number of allylic oxidation sites excluding steroid dienone is 1. The summed E-state index contributed by atoms with van der Waals surface area (Å²) in [6.45, 7) is 1.86. The number of phenolic OH excluding ortho intramolecular Hbond substituents is 2. The lowest BCUT2D eigenvalue weighted by Gasteiger charge is -2.48. The van der Waals surface area contributed by atoms with Gasteiger partial charge in [-0.3, -0.25) is 14.7 Å². The lowest BCUT2D eigenvalue weighted by molar-refractivity contribution is -0.147. The lowest BCUT2D eigenvalue weighted by Crippen LogP contribution is -2.68. The number of phenols is 2. The number of carbonyl (C=O) groups is 2. The number of thioether (sulfide) groups is 2. The van der Waals surface area contributed by atoms with Crippen LogP contribution in [0.25, 0.3) is 0 Å². The number of nitrogens with two attached hydrogens (primary N) is 1. The van der Waals surface area contributed by atoms with Gasteiger partial charge >= 0.3 is 5.97 Å². The number of fused-ring (bicyclic) bond motifs is 2. The van der Waals surface area contributed by atoms with Gasteiger partial charge in [-0.05, 0) is 30.7 Å². The summed E-state index contributed by atoms with van der Waals surface area (Å²) in [5, 5.41) is 33.0. The molecular formula is C20H20N6O5S2. The third-order valence-electron chi connectivity index (χ3n) is 5.45. The molecule has 1 fully saturated rings. The van der Waals surface area contributed by atoms with Crippen molar-refractivity contribution >= 4 is 46.8 Å². The summed E-state index contributed by atoms with van der Waals surface area (Å²) in [5.74, 6) is -0.513. The van der Waals surface area contributed by atoms with E-state index in [1.54, 1.807) is 22.3 Å². The van der Waals surface area contributed by atoms with Crippen LogP contribution in [0.3, 0.4) is 0 Å². The number of β-lactam (4-membered cyclic amide) rings is 1. The number of nitrogens with one attached hydrogen (secondary N) is 1. The van der Waals surface area contributed by atoms with Crippen LogP contribution in [0.5, 0.6) is 11.5 Å². The van der Waals surface area contributed by atoms with Crippen molar-refractivity contribution in [2.24, 2.45) is 10.7 Å². The topological polar surface area (TPSA) is 155 Å². The zero-order valence-electron chi connectivity index (χ0n) is 17.3. The average molecular weight is 489 g/mol. The molecule has 33 heavy (non-hydrogen) atoms. The molecule has 11 nitrogen and oxygen atoms in total. The van der Waals surface area contributed by atoms with Crippen molar-refractivity contribution in [3.63, 3.8) is 0 Å². The van der Waals surface area contributed by atoms with Crippen LogP contribution in [-0.2, 0) is 9.59 Å². The molecule has 4 aliphatic heterocycles. The monoisotopic (exact) mass is 488 g/mol. The minimum Gasteiger partial charge on any atom is -0.504 e. The van der Waals surface area contributed by atoms with Crippen LogP contribution in [-0.4, -0.2) is 65.7 Å². The molecule has 0 spiro atoms. The van der Waals surface area contributed by atoms with Crippen molar-refractivity contribution in [1.82, 2.24) is 15.4 Å². The molecular weight excluding hydrogens is 468 g/mol. The molecule has 0 aromatic heterocycles. The van der Waals surface area contributed by atoms with Crippen molar-refractivity contribution in [2.75, 3.05) is 16.5 Å². The summed E-state index contributed by atoms with van der Waals surface area (Å²) in [6, 6.07) is 3.78. The van der Waals surface area contributed by atoms with Gasteiger partial charge in [0, 0.05) is 23.3 Å². The minimum absolute atomic E-state index is 0.0195. The highest BCUT2D eigenvalue weighted by molar-refractivity contribution is 8.03. The molecule has 1 amide bonds. The van der Waals surface area contributed by atoms with Gasteiger partial charge in [-0.1, -0.05) is 0 Å². The third-order valence-corrected chi connectivity index (χ3v) is 7.90. The van der Waals surface area contributed by atoms with Gasteiger partial charge in [-0.25, -0.2) is 14.8 Å². The quantitative estimate of drug-likeness (QED) is 0.298. The molecule has 0 unspecified atom stereocenters. The first-order chi connectivity index (χ1) is 15.7. The number of carboxylic acid groups (broad SMARTS) is 1. The fraction of sp³-hybridized carbons (Fsp3) is 0.250. The molecule has 0 aliphatic carbocycles. The summed E-state index contributed by atoms with van der Waals surface area (Å²) in [6.07, 6.45) is 3.61. The first-order valence-corrected chi connectivity index (χ1v) is 11.9. The standard InChI is InChI=1S/C20H20N6O5S2/c1-9-4-15(26-14(22-9)6-24(23-26)11-2-3-12(27)13(28)5-11)32-7-10-8-33-19-16(21)18(29)25(19)17(10)20(30)31/h2-6,16,19,23,27-28H,7-8,21H2,1H3,(H,30,31)/t16-,19-/m1/s1. The lowest BCUT2D eigenvalue weighted by atomic mass is 10.0. The van der Waals surface area contributed by atoms with E-state index >= 15 is 0 Å². The maximum absolute atomic E-state index is 12.2. The van der Waals surface area contributed by atoms with Crippen LogP contribution in [0.2, 0.25) is 0 Å². The molecule has 4 aliphatic rings. The molecule has 0 bridgehead atoms. The number of aromatic hydroxyl groups is 2. The number of anilines is 1. The second-order valence-corrected chi connectivity index (χ2v) is 9.78. The van der Waals surface area contributed by atoms with Crippen LogP contribution in [0.4, 0.5) is 5.69 Å². The fourth-order valence-electron chi connectivity index (χ4n) is 3.81. The van der Waals surface area contributed by atoms with Gasteiger partial charge in [0.05, 0.1) is 16.9 Å². The second-order valence-electron chi connectivity index (χ2n) is 7.68. The normalized spacial score (nSPS) is 24.1. The molecule has 172 valence electrons. The zero-order chi connectivity index (χ0) is 23.4. The maximum atomic E-state index is 12.2. The van der Waals surface area contributed by atoms with Gasteiger partial charge in [0.15, 0.2) is 17.3 Å². The number of amides is 1. The Morgan fingerprint density at radius 1 is 1.36 bits per heavy atom. The maximum Gasteiger partial charge on any atom is 0.352 e. The van der Waals surface area contributed by atoms with Gasteiger partial charge in [-0.15, -0.1) is 29.1 Å². The second kappa shape index (κ2) is 8.02. The number of aliphatic carboxylic acids is 1. The van der Waals surface area contributed by atoms with E-state index in [-0.39, 0.29) is 28.5 Å². The Morgan fingerprint density at radius 3 is 2.88 bits per heavy atom. The minimum atomic E-state index is -1.13. The molecule has 5 rings (SSSR count). The van der Waals surface area contributed by atoms with E-state index in [0.717, 1.165) is 10.7 Å². The summed E-state index contributed by atoms with van der Waals surface area (Å²) in [7, 11) is 0. The Labute approximate surface area is 196 Å². The van der Waals surface area contributed by atoms with E-state index in [1.807, 2.05) is 13.0 Å². The van der Waals surface area contributed by atoms with Gasteiger partial charge in [-0.2, -0.15) is 0 Å². The smallest absolute Gasteiger partial charge is 0.352 e. The first kappa shape index (κ1) is 21.7. The summed E-state index contributed by atoms with van der Waals surface area (Å²) >= 11 is 2.89. The number of benzene rings is 1. The fourth-order valence-corrected chi connectivity index (χ4v) is 6.31. The van der Waals surface area contributed by atoms with E-state index in [4.69, 9.17) is 5.73 Å². The molecule has 0 saturated carbocycles. The van der Waals surface area contributed by atoms with E-state index in [0.29, 0.717) is 28.6 Å². The molecule has 6 N–H and O–H groups in total. The molecule has 4 heterocycles. The number of carbonyl (C=O) groups excluding carboxylic acids is 1. The Hall–Kier alpha value is -3.13. The van der Waals surface area contributed by atoms with E-state index in [1.165, 1.54) is 40.6 Å². The van der Waals surface area contributed by atoms with Crippen molar-refractivity contribution in [1.29, 1.82) is 0 Å². The molecule has 2 atom stereocenters. The molecule has 1 aromatic rings. The largest absolute Gasteiger partial charge is 0.504 e. The van der Waals surface area contributed by atoms with Crippen LogP contribution in [0, 0.1) is 0 Å². The SMILES string of the molecule is CC1=NC2=CN(c3ccc(O)c(O)c3)NN2C(SCC2=C(C(=O)O)N3C(=O)[C@@H](N)[C@H]3SC2)=C1. The molecule has 1 saturated heterocycles. The number of hydrogen-bond donors (Lipinski definition) is 5. The van der Waals surface area contributed by atoms with Crippen molar-refractivity contribution in [3.05, 3.63) is 52.6 Å². The highest BCUT2D eigenvalue weighted by Crippen LogP contribution is 2.42. The van der Waals surface area contributed by atoms with Crippen LogP contribution in [0.15, 0.2) is 57.6 Å². The van der Waals surface area contributed by atoms with E-state index < -0.39 is 12.0 Å². The predicted octanol–water partition coefficient (Wildman–Crippen LogP) is 1.07. The van der Waals surface area contributed by atoms with E-state index in [9.17, 15) is 24.9 Å². The van der Waals surface area contributed by atoms with E-state index in [2.05, 4.69) is 10.5 Å². The molecule has 13 heteroatoms. The van der Waals surface area contributed by atoms with Gasteiger partial charge in [0.25, 0.3) is 0 Å². The number of hydrogen-bond acceptors (Lipinski definition) is 11. The third kappa shape index (κ3) is 3.62. The zero-order valence-corrected chi connectivity index (χ0v) is 18.9. The Bertz CT molecular complexity index is 1200. The predicted molar refractivity (Wildman–Crippen MR) is 125 cm³/mol. The highest BCUT2D eigenvalue weighted by Gasteiger charge is 2.51. The van der Waals surface area contributed by atoms with Crippen molar-refractivity contribution in [2.45, 2.75) is 18.3 Å².